The van der Waals surface area contributed by atoms with Crippen LogP contribution in [0.4, 0.5) is 6.01 Å². The SMILES string of the molecule is CC1CC(C)CN(c2nc(CNC(C)(C)C)co2)C1. The van der Waals surface area contributed by atoms with Gasteiger partial charge in [-0.25, -0.2) is 0 Å². The van der Waals surface area contributed by atoms with Gasteiger partial charge in [0.1, 0.15) is 6.26 Å². The zero-order valence-electron chi connectivity index (χ0n) is 12.9. The molecule has 2 rings (SSSR count). The highest BCUT2D eigenvalue weighted by Gasteiger charge is 2.25. The van der Waals surface area contributed by atoms with E-state index in [1.807, 2.05) is 0 Å². The van der Waals surface area contributed by atoms with Gasteiger partial charge < -0.3 is 14.6 Å². The molecular weight excluding hydrogens is 238 g/mol. The average molecular weight is 265 g/mol. The lowest BCUT2D eigenvalue weighted by atomic mass is 9.92. The fourth-order valence-electron chi connectivity index (χ4n) is 2.70. The highest BCUT2D eigenvalue weighted by molar-refractivity contribution is 5.28. The number of oxazole rings is 1. The summed E-state index contributed by atoms with van der Waals surface area (Å²) in [5.74, 6) is 1.43. The Kier molecular flexibility index (Phi) is 4.19. The molecule has 1 aromatic heterocycles. The topological polar surface area (TPSA) is 41.3 Å². The summed E-state index contributed by atoms with van der Waals surface area (Å²) in [4.78, 5) is 6.88. The van der Waals surface area contributed by atoms with Crippen LogP contribution in [-0.2, 0) is 6.54 Å². The van der Waals surface area contributed by atoms with Crippen molar-refractivity contribution in [3.05, 3.63) is 12.0 Å². The molecule has 1 aliphatic heterocycles. The number of aromatic nitrogens is 1. The van der Waals surface area contributed by atoms with Gasteiger partial charge in [-0.3, -0.25) is 0 Å². The average Bonchev–Trinajstić information content (AvgIpc) is 2.72. The third-order valence-electron chi connectivity index (χ3n) is 3.48. The molecule has 1 aliphatic rings. The van der Waals surface area contributed by atoms with Gasteiger partial charge in [0.15, 0.2) is 0 Å². The first kappa shape index (κ1) is 14.4. The molecule has 2 heterocycles. The smallest absolute Gasteiger partial charge is 0.297 e. The highest BCUT2D eigenvalue weighted by atomic mass is 16.4. The Bertz CT molecular complexity index is 398. The molecule has 2 unspecified atom stereocenters. The first-order chi connectivity index (χ1) is 8.83. The summed E-state index contributed by atoms with van der Waals surface area (Å²) in [6.07, 6.45) is 3.08. The molecule has 2 atom stereocenters. The summed E-state index contributed by atoms with van der Waals surface area (Å²) in [6, 6.07) is 0.782. The minimum atomic E-state index is 0.104. The van der Waals surface area contributed by atoms with Crippen molar-refractivity contribution in [3.63, 3.8) is 0 Å². The van der Waals surface area contributed by atoms with Crippen LogP contribution in [0.5, 0.6) is 0 Å². The lowest BCUT2D eigenvalue weighted by Crippen LogP contribution is -2.39. The van der Waals surface area contributed by atoms with Crippen LogP contribution in [0.2, 0.25) is 0 Å². The quantitative estimate of drug-likeness (QED) is 0.912. The van der Waals surface area contributed by atoms with E-state index in [0.717, 1.165) is 31.3 Å². The van der Waals surface area contributed by atoms with Crippen LogP contribution in [0, 0.1) is 11.8 Å². The molecular formula is C15H27N3O. The third-order valence-corrected chi connectivity index (χ3v) is 3.48. The van der Waals surface area contributed by atoms with Gasteiger partial charge in [-0.15, -0.1) is 0 Å². The Hall–Kier alpha value is -1.03. The van der Waals surface area contributed by atoms with Crippen LogP contribution in [0.3, 0.4) is 0 Å². The largest absolute Gasteiger partial charge is 0.432 e. The second-order valence-electron chi connectivity index (χ2n) is 7.08. The van der Waals surface area contributed by atoms with E-state index in [1.54, 1.807) is 6.26 Å². The van der Waals surface area contributed by atoms with Crippen LogP contribution in [0.1, 0.15) is 46.7 Å². The fraction of sp³-hybridized carbons (Fsp3) is 0.800. The lowest BCUT2D eigenvalue weighted by Gasteiger charge is -2.33. The maximum absolute atomic E-state index is 5.64. The monoisotopic (exact) mass is 265 g/mol. The van der Waals surface area contributed by atoms with Crippen LogP contribution >= 0.6 is 0 Å². The van der Waals surface area contributed by atoms with Gasteiger partial charge in [0.05, 0.1) is 5.69 Å². The van der Waals surface area contributed by atoms with Crippen molar-refractivity contribution >= 4 is 6.01 Å². The lowest BCUT2D eigenvalue weighted by molar-refractivity contribution is 0.340. The summed E-state index contributed by atoms with van der Waals surface area (Å²) in [7, 11) is 0. The van der Waals surface area contributed by atoms with Crippen LogP contribution in [0.15, 0.2) is 10.7 Å². The number of nitrogens with zero attached hydrogens (tertiary/aromatic N) is 2. The molecule has 0 spiro atoms. The van der Waals surface area contributed by atoms with Crippen LogP contribution < -0.4 is 10.2 Å². The van der Waals surface area contributed by atoms with Crippen molar-refractivity contribution in [3.8, 4) is 0 Å². The van der Waals surface area contributed by atoms with E-state index in [4.69, 9.17) is 4.42 Å². The van der Waals surface area contributed by atoms with Gasteiger partial charge in [0, 0.05) is 25.2 Å². The molecule has 0 amide bonds. The van der Waals surface area contributed by atoms with Gasteiger partial charge in [-0.2, -0.15) is 4.98 Å². The van der Waals surface area contributed by atoms with Gasteiger partial charge in [-0.1, -0.05) is 13.8 Å². The van der Waals surface area contributed by atoms with Gasteiger partial charge in [-0.05, 0) is 39.0 Å². The first-order valence-corrected chi connectivity index (χ1v) is 7.28. The van der Waals surface area contributed by atoms with E-state index in [2.05, 4.69) is 49.8 Å². The number of hydrogen-bond acceptors (Lipinski definition) is 4. The molecule has 0 aliphatic carbocycles. The van der Waals surface area contributed by atoms with E-state index in [9.17, 15) is 0 Å². The zero-order chi connectivity index (χ0) is 14.0. The van der Waals surface area contributed by atoms with Crippen molar-refractivity contribution in [2.45, 2.75) is 53.1 Å². The van der Waals surface area contributed by atoms with Crippen molar-refractivity contribution in [2.24, 2.45) is 11.8 Å². The Morgan fingerprint density at radius 1 is 1.32 bits per heavy atom. The Morgan fingerprint density at radius 3 is 2.53 bits per heavy atom. The summed E-state index contributed by atoms with van der Waals surface area (Å²) in [5, 5.41) is 3.43. The third kappa shape index (κ3) is 4.23. The van der Waals surface area contributed by atoms with Crippen LogP contribution in [-0.4, -0.2) is 23.6 Å². The standard InChI is InChI=1S/C15H27N3O/c1-11-6-12(2)9-18(8-11)14-17-13(10-19-14)7-16-15(3,4)5/h10-12,16H,6-9H2,1-5H3. The summed E-state index contributed by atoms with van der Waals surface area (Å²) in [6.45, 7) is 13.9. The Balaban J connectivity index is 1.96. The van der Waals surface area contributed by atoms with E-state index in [1.165, 1.54) is 6.42 Å². The van der Waals surface area contributed by atoms with Crippen LogP contribution in [0.25, 0.3) is 0 Å². The molecule has 19 heavy (non-hydrogen) atoms. The summed E-state index contributed by atoms with van der Waals surface area (Å²) < 4.78 is 5.64. The Morgan fingerprint density at radius 2 is 1.95 bits per heavy atom. The number of nitrogens with one attached hydrogen (secondary N) is 1. The number of anilines is 1. The van der Waals surface area contributed by atoms with E-state index < -0.39 is 0 Å². The number of piperidine rings is 1. The maximum Gasteiger partial charge on any atom is 0.297 e. The molecule has 0 aromatic carbocycles. The molecule has 108 valence electrons. The maximum atomic E-state index is 5.64. The molecule has 0 saturated carbocycles. The number of rotatable bonds is 3. The normalized spacial score (nSPS) is 24.8. The minimum absolute atomic E-state index is 0.104. The molecule has 1 saturated heterocycles. The molecule has 0 radical (unpaired) electrons. The van der Waals surface area contributed by atoms with Gasteiger partial charge in [0.25, 0.3) is 6.01 Å². The van der Waals surface area contributed by atoms with E-state index in [-0.39, 0.29) is 5.54 Å². The molecule has 4 nitrogen and oxygen atoms in total. The molecule has 1 aromatic rings. The van der Waals surface area contributed by atoms with Crippen molar-refractivity contribution in [1.82, 2.24) is 10.3 Å². The molecule has 4 heteroatoms. The molecule has 1 fully saturated rings. The minimum Gasteiger partial charge on any atom is -0.432 e. The zero-order valence-corrected chi connectivity index (χ0v) is 12.9. The predicted molar refractivity (Wildman–Crippen MR) is 78.3 cm³/mol. The highest BCUT2D eigenvalue weighted by Crippen LogP contribution is 2.25. The predicted octanol–water partition coefficient (Wildman–Crippen LogP) is 3.05. The van der Waals surface area contributed by atoms with Crippen molar-refractivity contribution in [1.29, 1.82) is 0 Å². The van der Waals surface area contributed by atoms with E-state index in [0.29, 0.717) is 11.8 Å². The molecule has 1 N–H and O–H groups in total. The second kappa shape index (κ2) is 5.53. The van der Waals surface area contributed by atoms with Gasteiger partial charge in [0.2, 0.25) is 0 Å². The summed E-state index contributed by atoms with van der Waals surface area (Å²) >= 11 is 0. The first-order valence-electron chi connectivity index (χ1n) is 7.28. The number of hydrogen-bond donors (Lipinski definition) is 1. The van der Waals surface area contributed by atoms with E-state index >= 15 is 0 Å². The van der Waals surface area contributed by atoms with Crippen molar-refractivity contribution in [2.75, 3.05) is 18.0 Å². The second-order valence-corrected chi connectivity index (χ2v) is 7.08. The fourth-order valence-corrected chi connectivity index (χ4v) is 2.70. The van der Waals surface area contributed by atoms with Crippen molar-refractivity contribution < 1.29 is 4.42 Å². The molecule has 0 bridgehead atoms. The van der Waals surface area contributed by atoms with Gasteiger partial charge >= 0.3 is 0 Å². The summed E-state index contributed by atoms with van der Waals surface area (Å²) in [5.41, 5.74) is 1.09. The Labute approximate surface area is 116 Å².